The van der Waals surface area contributed by atoms with Gasteiger partial charge in [0.15, 0.2) is 0 Å². The Bertz CT molecular complexity index is 110. The van der Waals surface area contributed by atoms with E-state index in [1.807, 2.05) is 18.9 Å². The molecule has 0 saturated heterocycles. The summed E-state index contributed by atoms with van der Waals surface area (Å²) in [5, 5.41) is 8.96. The van der Waals surface area contributed by atoms with Crippen molar-refractivity contribution < 1.29 is 5.11 Å². The van der Waals surface area contributed by atoms with Crippen LogP contribution in [0.4, 0.5) is 0 Å². The third-order valence-corrected chi connectivity index (χ3v) is 1.12. The van der Waals surface area contributed by atoms with Crippen molar-refractivity contribution in [2.45, 2.75) is 20.0 Å². The fraction of sp³-hybridized carbons (Fsp3) is 0.750. The summed E-state index contributed by atoms with van der Waals surface area (Å²) in [5.41, 5.74) is 1.13. The molecule has 0 aromatic rings. The number of nitrogens with zero attached hydrogens (tertiary/aromatic N) is 1. The molecule has 0 bridgehead atoms. The normalized spacial score (nSPS) is 13.7. The van der Waals surface area contributed by atoms with Crippen molar-refractivity contribution in [3.05, 3.63) is 12.2 Å². The molecule has 0 aliphatic rings. The van der Waals surface area contributed by atoms with Crippen LogP contribution >= 0.6 is 0 Å². The average molecular weight is 143 g/mol. The first-order valence-corrected chi connectivity index (χ1v) is 3.53. The minimum atomic E-state index is -0.246. The van der Waals surface area contributed by atoms with Crippen LogP contribution in [-0.2, 0) is 0 Å². The van der Waals surface area contributed by atoms with Crippen molar-refractivity contribution in [1.29, 1.82) is 0 Å². The lowest BCUT2D eigenvalue weighted by Gasteiger charge is -2.17. The van der Waals surface area contributed by atoms with Crippen molar-refractivity contribution in [2.24, 2.45) is 0 Å². The van der Waals surface area contributed by atoms with E-state index in [4.69, 9.17) is 5.11 Å². The van der Waals surface area contributed by atoms with Gasteiger partial charge in [0, 0.05) is 13.1 Å². The van der Waals surface area contributed by atoms with Crippen LogP contribution in [0.1, 0.15) is 13.8 Å². The van der Waals surface area contributed by atoms with Crippen LogP contribution in [0.3, 0.4) is 0 Å². The summed E-state index contributed by atoms with van der Waals surface area (Å²) in [6.45, 7) is 9.13. The third-order valence-electron chi connectivity index (χ3n) is 1.12. The largest absolute Gasteiger partial charge is 0.392 e. The summed E-state index contributed by atoms with van der Waals surface area (Å²) < 4.78 is 0. The van der Waals surface area contributed by atoms with Crippen LogP contribution in [0.25, 0.3) is 0 Å². The van der Waals surface area contributed by atoms with Gasteiger partial charge in [-0.15, -0.1) is 0 Å². The zero-order valence-electron chi connectivity index (χ0n) is 7.09. The van der Waals surface area contributed by atoms with Crippen LogP contribution in [-0.4, -0.2) is 36.2 Å². The molecule has 2 heteroatoms. The third kappa shape index (κ3) is 5.79. The summed E-state index contributed by atoms with van der Waals surface area (Å²) in [6, 6.07) is 0. The average Bonchev–Trinajstić information content (AvgIpc) is 1.58. The summed E-state index contributed by atoms with van der Waals surface area (Å²) >= 11 is 0. The molecule has 0 aliphatic heterocycles. The molecule has 1 N–H and O–H groups in total. The van der Waals surface area contributed by atoms with E-state index in [9.17, 15) is 0 Å². The van der Waals surface area contributed by atoms with Crippen molar-refractivity contribution in [3.63, 3.8) is 0 Å². The van der Waals surface area contributed by atoms with Gasteiger partial charge in [0.1, 0.15) is 0 Å². The highest BCUT2D eigenvalue weighted by Crippen LogP contribution is 1.93. The molecule has 0 rings (SSSR count). The minimum Gasteiger partial charge on any atom is -0.392 e. The van der Waals surface area contributed by atoms with Gasteiger partial charge < -0.3 is 5.11 Å². The topological polar surface area (TPSA) is 23.5 Å². The molecule has 60 valence electrons. The number of aliphatic hydroxyl groups excluding tert-OH is 1. The second-order valence-corrected chi connectivity index (χ2v) is 3.00. The molecular formula is C8H17NO. The molecule has 0 spiro atoms. The van der Waals surface area contributed by atoms with Gasteiger partial charge in [-0.05, 0) is 20.9 Å². The van der Waals surface area contributed by atoms with E-state index in [2.05, 4.69) is 6.58 Å². The van der Waals surface area contributed by atoms with Crippen LogP contribution in [0, 0.1) is 0 Å². The van der Waals surface area contributed by atoms with E-state index in [0.29, 0.717) is 6.54 Å². The molecule has 0 saturated carbocycles. The van der Waals surface area contributed by atoms with E-state index >= 15 is 0 Å². The molecule has 2 nitrogen and oxygen atoms in total. The van der Waals surface area contributed by atoms with Gasteiger partial charge in [-0.2, -0.15) is 0 Å². The fourth-order valence-electron chi connectivity index (χ4n) is 0.976. The number of likely N-dealkylation sites (N-methyl/N-ethyl adjacent to an activating group) is 1. The molecule has 0 fully saturated rings. The number of aliphatic hydroxyl groups is 1. The molecule has 0 amide bonds. The Balaban J connectivity index is 3.43. The lowest BCUT2D eigenvalue weighted by Crippen LogP contribution is -2.28. The highest BCUT2D eigenvalue weighted by Gasteiger charge is 2.01. The second kappa shape index (κ2) is 4.47. The molecule has 1 unspecified atom stereocenters. The molecule has 10 heavy (non-hydrogen) atoms. The monoisotopic (exact) mass is 143 g/mol. The maximum absolute atomic E-state index is 8.96. The Morgan fingerprint density at radius 3 is 2.50 bits per heavy atom. The molecule has 0 radical (unpaired) electrons. The fourth-order valence-corrected chi connectivity index (χ4v) is 0.976. The van der Waals surface area contributed by atoms with Crippen LogP contribution < -0.4 is 0 Å². The summed E-state index contributed by atoms with van der Waals surface area (Å²) in [6.07, 6.45) is -0.246. The predicted molar refractivity (Wildman–Crippen MR) is 44.0 cm³/mol. The Kier molecular flexibility index (Phi) is 4.32. The molecular weight excluding hydrogens is 126 g/mol. The van der Waals surface area contributed by atoms with Gasteiger partial charge in [0.05, 0.1) is 6.10 Å². The van der Waals surface area contributed by atoms with Crippen molar-refractivity contribution in [1.82, 2.24) is 4.90 Å². The summed E-state index contributed by atoms with van der Waals surface area (Å²) in [4.78, 5) is 2.05. The lowest BCUT2D eigenvalue weighted by atomic mass is 10.3. The first-order valence-electron chi connectivity index (χ1n) is 3.53. The van der Waals surface area contributed by atoms with Gasteiger partial charge in [-0.3, -0.25) is 4.90 Å². The quantitative estimate of drug-likeness (QED) is 0.590. The lowest BCUT2D eigenvalue weighted by molar-refractivity contribution is 0.146. The first kappa shape index (κ1) is 9.66. The van der Waals surface area contributed by atoms with Crippen molar-refractivity contribution >= 4 is 0 Å². The Labute approximate surface area is 63.2 Å². The smallest absolute Gasteiger partial charge is 0.0639 e. The van der Waals surface area contributed by atoms with Crippen LogP contribution in [0.2, 0.25) is 0 Å². The maximum Gasteiger partial charge on any atom is 0.0639 e. The Morgan fingerprint density at radius 2 is 2.20 bits per heavy atom. The van der Waals surface area contributed by atoms with Gasteiger partial charge in [-0.1, -0.05) is 12.2 Å². The standard InChI is InChI=1S/C8H17NO/c1-7(2)5-9(4)6-8(3)10/h8,10H,1,5-6H2,2-4H3. The minimum absolute atomic E-state index is 0.246. The van der Waals surface area contributed by atoms with Gasteiger partial charge >= 0.3 is 0 Å². The highest BCUT2D eigenvalue weighted by atomic mass is 16.3. The predicted octanol–water partition coefficient (Wildman–Crippen LogP) is 0.875. The zero-order valence-corrected chi connectivity index (χ0v) is 7.09. The number of hydrogen-bond acceptors (Lipinski definition) is 2. The molecule has 0 aromatic heterocycles. The van der Waals surface area contributed by atoms with Crippen molar-refractivity contribution in [2.75, 3.05) is 20.1 Å². The van der Waals surface area contributed by atoms with Crippen LogP contribution in [0.5, 0.6) is 0 Å². The molecule has 0 aliphatic carbocycles. The van der Waals surface area contributed by atoms with Gasteiger partial charge in [0.25, 0.3) is 0 Å². The van der Waals surface area contributed by atoms with E-state index in [1.165, 1.54) is 0 Å². The first-order chi connectivity index (χ1) is 4.52. The van der Waals surface area contributed by atoms with E-state index in [-0.39, 0.29) is 6.10 Å². The number of rotatable bonds is 4. The van der Waals surface area contributed by atoms with E-state index in [1.54, 1.807) is 6.92 Å². The van der Waals surface area contributed by atoms with E-state index in [0.717, 1.165) is 12.1 Å². The zero-order chi connectivity index (χ0) is 8.15. The Hall–Kier alpha value is -0.340. The second-order valence-electron chi connectivity index (χ2n) is 3.00. The SMILES string of the molecule is C=C(C)CN(C)CC(C)O. The Morgan fingerprint density at radius 1 is 1.70 bits per heavy atom. The highest BCUT2D eigenvalue weighted by molar-refractivity contribution is 4.91. The maximum atomic E-state index is 8.96. The van der Waals surface area contributed by atoms with Crippen molar-refractivity contribution in [3.8, 4) is 0 Å². The van der Waals surface area contributed by atoms with Gasteiger partial charge in [-0.25, -0.2) is 0 Å². The molecule has 0 heterocycles. The van der Waals surface area contributed by atoms with E-state index < -0.39 is 0 Å². The van der Waals surface area contributed by atoms with Crippen LogP contribution in [0.15, 0.2) is 12.2 Å². The number of hydrogen-bond donors (Lipinski definition) is 1. The summed E-state index contributed by atoms with van der Waals surface area (Å²) in [7, 11) is 1.97. The summed E-state index contributed by atoms with van der Waals surface area (Å²) in [5.74, 6) is 0. The molecule has 1 atom stereocenters. The van der Waals surface area contributed by atoms with Gasteiger partial charge in [0.2, 0.25) is 0 Å². The molecule has 0 aromatic carbocycles.